The summed E-state index contributed by atoms with van der Waals surface area (Å²) in [4.78, 5) is 12.5. The largest absolute Gasteiger partial charge is 0.368 e. The Balaban J connectivity index is 1.47. The highest BCUT2D eigenvalue weighted by Gasteiger charge is 2.19. The van der Waals surface area contributed by atoms with Gasteiger partial charge in [-0.15, -0.1) is 11.3 Å². The molecule has 1 aromatic carbocycles. The lowest BCUT2D eigenvalue weighted by molar-refractivity contribution is 0.198. The topological polar surface area (TPSA) is 41.0 Å². The molecule has 0 spiro atoms. The van der Waals surface area contributed by atoms with Gasteiger partial charge in [0.2, 0.25) is 0 Å². The van der Waals surface area contributed by atoms with E-state index in [0.717, 1.165) is 11.7 Å². The predicted molar refractivity (Wildman–Crippen MR) is 111 cm³/mol. The maximum absolute atomic E-state index is 4.62. The molecule has 3 aromatic rings. The summed E-state index contributed by atoms with van der Waals surface area (Å²) in [6, 6.07) is 9.12. The van der Waals surface area contributed by atoms with Crippen molar-refractivity contribution in [3.63, 3.8) is 0 Å². The first-order chi connectivity index (χ1) is 12.7. The molecule has 1 saturated heterocycles. The van der Waals surface area contributed by atoms with Gasteiger partial charge in [-0.3, -0.25) is 4.98 Å². The summed E-state index contributed by atoms with van der Waals surface area (Å²) in [5.41, 5.74) is 3.10. The van der Waals surface area contributed by atoms with Gasteiger partial charge in [-0.2, -0.15) is 0 Å². The Kier molecular flexibility index (Phi) is 5.18. The number of hydrogen-bond donors (Lipinski definition) is 1. The van der Waals surface area contributed by atoms with Crippen LogP contribution in [0.3, 0.4) is 0 Å². The molecule has 136 valence electrons. The Morgan fingerprint density at radius 1 is 1.27 bits per heavy atom. The first-order valence-corrected chi connectivity index (χ1v) is 10.3. The van der Waals surface area contributed by atoms with Crippen molar-refractivity contribution in [2.75, 3.05) is 25.5 Å². The highest BCUT2D eigenvalue weighted by molar-refractivity contribution is 7.13. The van der Waals surface area contributed by atoms with Crippen LogP contribution < -0.4 is 5.32 Å². The van der Waals surface area contributed by atoms with Gasteiger partial charge in [0.05, 0.1) is 10.4 Å². The molecule has 1 fully saturated rings. The molecule has 0 amide bonds. The predicted octanol–water partition coefficient (Wildman–Crippen LogP) is 4.89. The van der Waals surface area contributed by atoms with Gasteiger partial charge in [-0.1, -0.05) is 12.1 Å². The number of nitrogens with zero attached hydrogens (tertiary/aromatic N) is 3. The van der Waals surface area contributed by atoms with Crippen molar-refractivity contribution >= 4 is 27.9 Å². The summed E-state index contributed by atoms with van der Waals surface area (Å²) in [6.07, 6.45) is 7.76. The van der Waals surface area contributed by atoms with E-state index in [1.54, 1.807) is 11.3 Å². The molecule has 0 saturated carbocycles. The number of hydrogen-bond acceptors (Lipinski definition) is 5. The van der Waals surface area contributed by atoms with Crippen LogP contribution in [0.15, 0.2) is 42.2 Å². The number of piperidine rings is 1. The van der Waals surface area contributed by atoms with Crippen LogP contribution in [0.2, 0.25) is 0 Å². The molecule has 5 heteroatoms. The summed E-state index contributed by atoms with van der Waals surface area (Å²) in [7, 11) is 2.23. The van der Waals surface area contributed by atoms with Crippen LogP contribution in [0.4, 0.5) is 5.82 Å². The lowest BCUT2D eigenvalue weighted by Gasteiger charge is -2.31. The van der Waals surface area contributed by atoms with E-state index in [9.17, 15) is 0 Å². The van der Waals surface area contributed by atoms with Crippen LogP contribution in [0.5, 0.6) is 0 Å². The van der Waals surface area contributed by atoms with E-state index >= 15 is 0 Å². The fourth-order valence-corrected chi connectivity index (χ4v) is 4.63. The Hall–Kier alpha value is -1.98. The van der Waals surface area contributed by atoms with Crippen LogP contribution in [-0.4, -0.2) is 41.0 Å². The molecular weight excluding hydrogens is 340 g/mol. The number of anilines is 1. The summed E-state index contributed by atoms with van der Waals surface area (Å²) in [6.45, 7) is 4.73. The number of nitrogens with one attached hydrogen (secondary N) is 1. The fraction of sp³-hybridized carbons (Fsp3) is 0.429. The van der Waals surface area contributed by atoms with Gasteiger partial charge >= 0.3 is 0 Å². The first kappa shape index (κ1) is 17.4. The standard InChI is InChI=1S/C21H26N4S/c1-15(8-16-4-3-7-25(2)13-16)24-21-10-19-9-17(20-12-22-14-26-20)5-6-18(19)11-23-21/h5-6,9-12,14-16H,3-4,7-8,13H2,1-2H3,(H,23,24). The van der Waals surface area contributed by atoms with E-state index in [0.29, 0.717) is 6.04 Å². The molecule has 1 N–H and O–H groups in total. The molecule has 1 aliphatic heterocycles. The molecular formula is C21H26N4S. The first-order valence-electron chi connectivity index (χ1n) is 9.41. The third-order valence-corrected chi connectivity index (χ3v) is 6.06. The van der Waals surface area contributed by atoms with Gasteiger partial charge in [-0.05, 0) is 68.8 Å². The van der Waals surface area contributed by atoms with E-state index in [1.807, 2.05) is 17.9 Å². The van der Waals surface area contributed by atoms with Crippen molar-refractivity contribution in [1.29, 1.82) is 0 Å². The molecule has 2 unspecified atom stereocenters. The van der Waals surface area contributed by atoms with Crippen LogP contribution >= 0.6 is 11.3 Å². The van der Waals surface area contributed by atoms with Gasteiger partial charge in [0.15, 0.2) is 0 Å². The second-order valence-corrected chi connectivity index (χ2v) is 8.44. The molecule has 0 aliphatic carbocycles. The quantitative estimate of drug-likeness (QED) is 0.698. The Labute approximate surface area is 159 Å². The third kappa shape index (κ3) is 4.05. The minimum absolute atomic E-state index is 0.432. The van der Waals surface area contributed by atoms with Crippen molar-refractivity contribution in [2.24, 2.45) is 5.92 Å². The number of fused-ring (bicyclic) bond motifs is 1. The van der Waals surface area contributed by atoms with Crippen molar-refractivity contribution in [3.8, 4) is 10.4 Å². The van der Waals surface area contributed by atoms with Crippen LogP contribution in [0, 0.1) is 5.92 Å². The molecule has 2 atom stereocenters. The number of benzene rings is 1. The number of thiazole rings is 1. The van der Waals surface area contributed by atoms with E-state index in [4.69, 9.17) is 0 Å². The Morgan fingerprint density at radius 3 is 3.00 bits per heavy atom. The zero-order chi connectivity index (χ0) is 17.9. The van der Waals surface area contributed by atoms with Gasteiger partial charge in [0.25, 0.3) is 0 Å². The van der Waals surface area contributed by atoms with Gasteiger partial charge in [-0.25, -0.2) is 4.98 Å². The van der Waals surface area contributed by atoms with Crippen LogP contribution in [0.1, 0.15) is 26.2 Å². The van der Waals surface area contributed by atoms with Crippen molar-refractivity contribution in [1.82, 2.24) is 14.9 Å². The minimum Gasteiger partial charge on any atom is -0.368 e. The van der Waals surface area contributed by atoms with E-state index in [2.05, 4.69) is 58.4 Å². The maximum atomic E-state index is 4.62. The van der Waals surface area contributed by atoms with Gasteiger partial charge < -0.3 is 10.2 Å². The zero-order valence-electron chi connectivity index (χ0n) is 15.5. The number of rotatable bonds is 5. The third-order valence-electron chi connectivity index (χ3n) is 5.24. The smallest absolute Gasteiger partial charge is 0.126 e. The van der Waals surface area contributed by atoms with E-state index in [1.165, 1.54) is 53.6 Å². The number of pyridine rings is 1. The molecule has 1 aliphatic rings. The van der Waals surface area contributed by atoms with Gasteiger partial charge in [0.1, 0.15) is 5.82 Å². The van der Waals surface area contributed by atoms with Gasteiger partial charge in [0, 0.05) is 30.4 Å². The molecule has 4 rings (SSSR count). The highest BCUT2D eigenvalue weighted by Crippen LogP contribution is 2.28. The zero-order valence-corrected chi connectivity index (χ0v) is 16.3. The lowest BCUT2D eigenvalue weighted by Crippen LogP contribution is -2.34. The van der Waals surface area contributed by atoms with E-state index in [-0.39, 0.29) is 0 Å². The molecule has 2 aromatic heterocycles. The Bertz CT molecular complexity index is 862. The minimum atomic E-state index is 0.432. The molecule has 0 bridgehead atoms. The van der Waals surface area contributed by atoms with Crippen molar-refractivity contribution in [2.45, 2.75) is 32.2 Å². The number of aromatic nitrogens is 2. The molecule has 4 nitrogen and oxygen atoms in total. The second kappa shape index (κ2) is 7.72. The second-order valence-electron chi connectivity index (χ2n) is 7.55. The molecule has 3 heterocycles. The monoisotopic (exact) mass is 366 g/mol. The average molecular weight is 367 g/mol. The van der Waals surface area contributed by atoms with Crippen LogP contribution in [-0.2, 0) is 0 Å². The lowest BCUT2D eigenvalue weighted by atomic mass is 9.92. The van der Waals surface area contributed by atoms with Crippen molar-refractivity contribution < 1.29 is 0 Å². The normalized spacial score (nSPS) is 19.5. The summed E-state index contributed by atoms with van der Waals surface area (Å²) in [5.74, 6) is 1.75. The maximum Gasteiger partial charge on any atom is 0.126 e. The molecule has 26 heavy (non-hydrogen) atoms. The fourth-order valence-electron chi connectivity index (χ4n) is 4.01. The SMILES string of the molecule is CC(CC1CCCN(C)C1)Nc1cc2cc(-c3cncs3)ccc2cn1. The van der Waals surface area contributed by atoms with Crippen molar-refractivity contribution in [3.05, 3.63) is 42.2 Å². The summed E-state index contributed by atoms with van der Waals surface area (Å²) >= 11 is 1.67. The highest BCUT2D eigenvalue weighted by atomic mass is 32.1. The summed E-state index contributed by atoms with van der Waals surface area (Å²) < 4.78 is 0. The molecule has 0 radical (unpaired) electrons. The summed E-state index contributed by atoms with van der Waals surface area (Å²) in [5, 5.41) is 6.00. The Morgan fingerprint density at radius 2 is 2.19 bits per heavy atom. The number of likely N-dealkylation sites (tertiary alicyclic amines) is 1. The average Bonchev–Trinajstić information content (AvgIpc) is 3.15. The van der Waals surface area contributed by atoms with Crippen LogP contribution in [0.25, 0.3) is 21.2 Å². The van der Waals surface area contributed by atoms with E-state index < -0.39 is 0 Å².